The topological polar surface area (TPSA) is 90.5 Å². The first-order valence-electron chi connectivity index (χ1n) is 7.17. The number of nitrogens with one attached hydrogen (secondary N) is 1. The Morgan fingerprint density at radius 3 is 2.59 bits per heavy atom. The fourth-order valence-electron chi connectivity index (χ4n) is 2.65. The molecule has 0 radical (unpaired) electrons. The van der Waals surface area contributed by atoms with Gasteiger partial charge in [0.15, 0.2) is 11.2 Å². The molecule has 8 nitrogen and oxygen atoms in total. The highest BCUT2D eigenvalue weighted by atomic mass is 16.2. The molecule has 0 spiro atoms. The van der Waals surface area contributed by atoms with Crippen LogP contribution in [0.4, 0.5) is 0 Å². The number of aryl methyl sites for hydroxylation is 4. The summed E-state index contributed by atoms with van der Waals surface area (Å²) in [6.45, 7) is 6.47. The van der Waals surface area contributed by atoms with Gasteiger partial charge in [0.05, 0.1) is 5.69 Å². The van der Waals surface area contributed by atoms with Crippen LogP contribution in [0.25, 0.3) is 17.1 Å². The Kier molecular flexibility index (Phi) is 3.23. The Hall–Kier alpha value is -2.64. The summed E-state index contributed by atoms with van der Waals surface area (Å²) in [5, 5.41) is 4.43. The maximum Gasteiger partial charge on any atom is 0.329 e. The Morgan fingerprint density at radius 1 is 1.27 bits per heavy atom. The van der Waals surface area contributed by atoms with Gasteiger partial charge in [-0.2, -0.15) is 10.1 Å². The van der Waals surface area contributed by atoms with Crippen molar-refractivity contribution < 1.29 is 0 Å². The van der Waals surface area contributed by atoms with E-state index in [1.165, 1.54) is 4.57 Å². The fraction of sp³-hybridized carbons (Fsp3) is 0.429. The van der Waals surface area contributed by atoms with E-state index < -0.39 is 11.2 Å². The van der Waals surface area contributed by atoms with Crippen molar-refractivity contribution in [1.29, 1.82) is 0 Å². The molecule has 3 aromatic heterocycles. The van der Waals surface area contributed by atoms with E-state index in [0.29, 0.717) is 23.7 Å². The van der Waals surface area contributed by atoms with Crippen molar-refractivity contribution in [2.24, 2.45) is 7.05 Å². The molecule has 0 aromatic carbocycles. The highest BCUT2D eigenvalue weighted by molar-refractivity contribution is 5.72. The van der Waals surface area contributed by atoms with Crippen LogP contribution in [-0.4, -0.2) is 28.9 Å². The van der Waals surface area contributed by atoms with Crippen molar-refractivity contribution >= 4 is 11.2 Å². The van der Waals surface area contributed by atoms with Crippen LogP contribution in [0.1, 0.15) is 24.7 Å². The summed E-state index contributed by atoms with van der Waals surface area (Å²) >= 11 is 0. The van der Waals surface area contributed by atoms with Gasteiger partial charge in [-0.3, -0.25) is 14.3 Å². The van der Waals surface area contributed by atoms with E-state index in [-0.39, 0.29) is 0 Å². The Morgan fingerprint density at radius 2 is 2.00 bits per heavy atom. The lowest BCUT2D eigenvalue weighted by molar-refractivity contribution is 0.642. The van der Waals surface area contributed by atoms with Crippen molar-refractivity contribution in [2.45, 2.75) is 33.7 Å². The van der Waals surface area contributed by atoms with Crippen LogP contribution in [0, 0.1) is 13.8 Å². The van der Waals surface area contributed by atoms with Gasteiger partial charge in [0.2, 0.25) is 5.95 Å². The summed E-state index contributed by atoms with van der Waals surface area (Å²) in [5.74, 6) is 0.550. The van der Waals surface area contributed by atoms with Crippen molar-refractivity contribution in [3.63, 3.8) is 0 Å². The predicted octanol–water partition coefficient (Wildman–Crippen LogP) is 0.636. The maximum atomic E-state index is 12.2. The van der Waals surface area contributed by atoms with Crippen LogP contribution in [0.3, 0.4) is 0 Å². The zero-order valence-corrected chi connectivity index (χ0v) is 13.0. The lowest BCUT2D eigenvalue weighted by Gasteiger charge is -2.08. The second-order valence-corrected chi connectivity index (χ2v) is 5.39. The predicted molar refractivity (Wildman–Crippen MR) is 82.5 cm³/mol. The van der Waals surface area contributed by atoms with E-state index in [1.54, 1.807) is 11.7 Å². The molecule has 0 aliphatic heterocycles. The summed E-state index contributed by atoms with van der Waals surface area (Å²) < 4.78 is 4.86. The van der Waals surface area contributed by atoms with Gasteiger partial charge in [0.1, 0.15) is 0 Å². The van der Waals surface area contributed by atoms with E-state index in [4.69, 9.17) is 0 Å². The van der Waals surface area contributed by atoms with Gasteiger partial charge < -0.3 is 4.57 Å². The fourth-order valence-corrected chi connectivity index (χ4v) is 2.65. The van der Waals surface area contributed by atoms with Crippen molar-refractivity contribution in [3.8, 4) is 5.95 Å². The van der Waals surface area contributed by atoms with Crippen LogP contribution < -0.4 is 11.2 Å². The minimum atomic E-state index is -0.474. The number of rotatable bonds is 3. The van der Waals surface area contributed by atoms with Gasteiger partial charge in [0, 0.05) is 19.3 Å². The molecule has 1 N–H and O–H groups in total. The highest BCUT2D eigenvalue weighted by Crippen LogP contribution is 2.17. The molecule has 0 unspecified atom stereocenters. The van der Waals surface area contributed by atoms with Crippen LogP contribution in [0.15, 0.2) is 15.7 Å². The average Bonchev–Trinajstić information content (AvgIpc) is 2.97. The number of H-pyrrole nitrogens is 1. The highest BCUT2D eigenvalue weighted by Gasteiger charge is 2.19. The smallest absolute Gasteiger partial charge is 0.302 e. The molecule has 0 saturated heterocycles. The van der Waals surface area contributed by atoms with Crippen molar-refractivity contribution in [2.75, 3.05) is 0 Å². The molecule has 3 aromatic rings. The minimum absolute atomic E-state index is 0.366. The van der Waals surface area contributed by atoms with Gasteiger partial charge in [0.25, 0.3) is 5.56 Å². The maximum absolute atomic E-state index is 12.2. The first-order chi connectivity index (χ1) is 10.4. The van der Waals surface area contributed by atoms with E-state index >= 15 is 0 Å². The number of nitrogens with zero attached hydrogens (tertiary/aromatic N) is 5. The number of hydrogen-bond donors (Lipinski definition) is 1. The van der Waals surface area contributed by atoms with Crippen LogP contribution >= 0.6 is 0 Å². The molecule has 0 aliphatic carbocycles. The van der Waals surface area contributed by atoms with E-state index in [2.05, 4.69) is 15.1 Å². The molecule has 0 atom stereocenters. The zero-order valence-electron chi connectivity index (χ0n) is 13.0. The molecular weight excluding hydrogens is 284 g/mol. The van der Waals surface area contributed by atoms with E-state index in [1.807, 2.05) is 31.4 Å². The van der Waals surface area contributed by atoms with Gasteiger partial charge in [-0.15, -0.1) is 0 Å². The Bertz CT molecular complexity index is 972. The van der Waals surface area contributed by atoms with Crippen LogP contribution in [-0.2, 0) is 13.6 Å². The second-order valence-electron chi connectivity index (χ2n) is 5.39. The van der Waals surface area contributed by atoms with Crippen molar-refractivity contribution in [1.82, 2.24) is 28.9 Å². The van der Waals surface area contributed by atoms with Gasteiger partial charge in [-0.25, -0.2) is 9.48 Å². The van der Waals surface area contributed by atoms with Gasteiger partial charge in [-0.05, 0) is 26.3 Å². The molecule has 0 fully saturated rings. The standard InChI is InChI=1S/C14H18N6O2/c1-5-6-19-10-11(18(4)14(22)16-12(10)21)15-13(19)20-9(3)7-8(2)17-20/h7H,5-6H2,1-4H3,(H,16,21,22). The number of imidazole rings is 1. The van der Waals surface area contributed by atoms with E-state index in [9.17, 15) is 9.59 Å². The third-order valence-corrected chi connectivity index (χ3v) is 3.63. The number of aromatic nitrogens is 6. The second kappa shape index (κ2) is 4.97. The molecule has 116 valence electrons. The third kappa shape index (κ3) is 1.99. The molecule has 22 heavy (non-hydrogen) atoms. The molecule has 3 rings (SSSR count). The normalized spacial score (nSPS) is 11.5. The van der Waals surface area contributed by atoms with E-state index in [0.717, 1.165) is 17.8 Å². The lowest BCUT2D eigenvalue weighted by atomic mass is 10.4. The zero-order chi connectivity index (χ0) is 16.0. The van der Waals surface area contributed by atoms with Crippen LogP contribution in [0.5, 0.6) is 0 Å². The molecule has 8 heteroatoms. The lowest BCUT2D eigenvalue weighted by Crippen LogP contribution is -2.29. The largest absolute Gasteiger partial charge is 0.329 e. The molecule has 0 bridgehead atoms. The Labute approximate surface area is 126 Å². The third-order valence-electron chi connectivity index (χ3n) is 3.63. The first-order valence-corrected chi connectivity index (χ1v) is 7.17. The number of hydrogen-bond acceptors (Lipinski definition) is 4. The molecule has 0 saturated carbocycles. The Balaban J connectivity index is 2.45. The number of fused-ring (bicyclic) bond motifs is 1. The summed E-state index contributed by atoms with van der Waals surface area (Å²) in [5.41, 5.74) is 1.66. The summed E-state index contributed by atoms with van der Waals surface area (Å²) in [4.78, 5) is 30.8. The molecule has 3 heterocycles. The summed E-state index contributed by atoms with van der Waals surface area (Å²) in [7, 11) is 1.59. The summed E-state index contributed by atoms with van der Waals surface area (Å²) in [6, 6.07) is 1.94. The van der Waals surface area contributed by atoms with Gasteiger partial charge in [-0.1, -0.05) is 6.92 Å². The summed E-state index contributed by atoms with van der Waals surface area (Å²) in [6.07, 6.45) is 0.833. The quantitative estimate of drug-likeness (QED) is 0.768. The number of aromatic amines is 1. The molecule has 0 aliphatic rings. The van der Waals surface area contributed by atoms with Gasteiger partial charge >= 0.3 is 5.69 Å². The molecule has 0 amide bonds. The molecular formula is C14H18N6O2. The first kappa shape index (κ1) is 14.3. The SMILES string of the molecule is CCCn1c(-n2nc(C)cc2C)nc2c1c(=O)[nH]c(=O)n2C. The monoisotopic (exact) mass is 302 g/mol. The minimum Gasteiger partial charge on any atom is -0.302 e. The van der Waals surface area contributed by atoms with Crippen molar-refractivity contribution in [3.05, 3.63) is 38.3 Å². The van der Waals surface area contributed by atoms with Crippen LogP contribution in [0.2, 0.25) is 0 Å². The average molecular weight is 302 g/mol.